The van der Waals surface area contributed by atoms with Gasteiger partial charge >= 0.3 is 0 Å². The molecule has 96 valence electrons. The quantitative estimate of drug-likeness (QED) is 0.717. The number of rotatable bonds is 6. The molecule has 0 spiro atoms. The summed E-state index contributed by atoms with van der Waals surface area (Å²) in [4.78, 5) is 5.20. The molecule has 3 heteroatoms. The van der Waals surface area contributed by atoms with Gasteiger partial charge in [-0.25, -0.2) is 0 Å². The number of hydrogen-bond acceptors (Lipinski definition) is 3. The van der Waals surface area contributed by atoms with Crippen molar-refractivity contribution < 1.29 is 0 Å². The van der Waals surface area contributed by atoms with Crippen LogP contribution < -0.4 is 0 Å². The zero-order valence-corrected chi connectivity index (χ0v) is 12.3. The van der Waals surface area contributed by atoms with Gasteiger partial charge in [-0.3, -0.25) is 4.90 Å². The van der Waals surface area contributed by atoms with E-state index in [0.717, 1.165) is 11.8 Å². The van der Waals surface area contributed by atoms with Gasteiger partial charge in [0.1, 0.15) is 0 Å². The molecule has 0 aromatic heterocycles. The van der Waals surface area contributed by atoms with Gasteiger partial charge in [-0.1, -0.05) is 27.7 Å². The molecule has 0 aromatic carbocycles. The van der Waals surface area contributed by atoms with Crippen molar-refractivity contribution in [2.24, 2.45) is 5.41 Å². The molecule has 16 heavy (non-hydrogen) atoms. The summed E-state index contributed by atoms with van der Waals surface area (Å²) < 4.78 is 0. The van der Waals surface area contributed by atoms with Crippen LogP contribution in [0.4, 0.5) is 0 Å². The zero-order chi connectivity index (χ0) is 12.2. The molecule has 1 rings (SSSR count). The average Bonchev–Trinajstić information content (AvgIpc) is 2.68. The Labute approximate surface area is 107 Å². The fraction of sp³-hybridized carbons (Fsp3) is 1.00. The van der Waals surface area contributed by atoms with Gasteiger partial charge in [0.25, 0.3) is 0 Å². The van der Waals surface area contributed by atoms with E-state index < -0.39 is 0 Å². The van der Waals surface area contributed by atoms with Crippen LogP contribution in [0.2, 0.25) is 0 Å². The Morgan fingerprint density at radius 2 is 1.94 bits per heavy atom. The maximum Gasteiger partial charge on any atom is 0.0235 e. The number of likely N-dealkylation sites (N-methyl/N-ethyl adjacent to an activating group) is 1. The predicted octanol–water partition coefficient (Wildman–Crippen LogP) is 2.36. The van der Waals surface area contributed by atoms with Crippen LogP contribution in [0.25, 0.3) is 0 Å². The number of nitrogens with zero attached hydrogens (tertiary/aromatic N) is 2. The molecule has 0 N–H and O–H groups in total. The molecule has 0 saturated carbocycles. The Kier molecular flexibility index (Phi) is 5.62. The van der Waals surface area contributed by atoms with Gasteiger partial charge in [0, 0.05) is 19.1 Å². The molecule has 1 unspecified atom stereocenters. The lowest BCUT2D eigenvalue weighted by atomic mass is 9.96. The Bertz CT molecular complexity index is 202. The Hall–Kier alpha value is 0.270. The van der Waals surface area contributed by atoms with E-state index in [4.69, 9.17) is 0 Å². The van der Waals surface area contributed by atoms with E-state index in [1.54, 1.807) is 0 Å². The molecule has 2 nitrogen and oxygen atoms in total. The van der Waals surface area contributed by atoms with E-state index in [1.807, 2.05) is 0 Å². The second-order valence-electron chi connectivity index (χ2n) is 5.72. The third kappa shape index (κ3) is 3.94. The lowest BCUT2D eigenvalue weighted by molar-refractivity contribution is 0.187. The molecular weight excluding hydrogens is 216 g/mol. The highest BCUT2D eigenvalue weighted by Crippen LogP contribution is 2.23. The van der Waals surface area contributed by atoms with Crippen molar-refractivity contribution in [3.05, 3.63) is 0 Å². The summed E-state index contributed by atoms with van der Waals surface area (Å²) >= 11 is 4.44. The highest BCUT2D eigenvalue weighted by Gasteiger charge is 2.29. The van der Waals surface area contributed by atoms with E-state index in [-0.39, 0.29) is 0 Å². The molecule has 0 amide bonds. The van der Waals surface area contributed by atoms with Crippen LogP contribution in [0, 0.1) is 5.41 Å². The molecule has 0 aromatic rings. The number of likely N-dealkylation sites (tertiary alicyclic amines) is 1. The molecule has 1 aliphatic rings. The van der Waals surface area contributed by atoms with Crippen molar-refractivity contribution in [1.29, 1.82) is 0 Å². The molecule has 0 aliphatic carbocycles. The van der Waals surface area contributed by atoms with Gasteiger partial charge in [-0.2, -0.15) is 12.6 Å². The second kappa shape index (κ2) is 6.27. The van der Waals surface area contributed by atoms with Crippen molar-refractivity contribution in [2.45, 2.75) is 40.2 Å². The Balaban J connectivity index is 2.40. The van der Waals surface area contributed by atoms with Gasteiger partial charge in [0.2, 0.25) is 0 Å². The monoisotopic (exact) mass is 244 g/mol. The van der Waals surface area contributed by atoms with E-state index >= 15 is 0 Å². The minimum atomic E-state index is 0.348. The summed E-state index contributed by atoms with van der Waals surface area (Å²) in [7, 11) is 0. The van der Waals surface area contributed by atoms with E-state index in [2.05, 4.69) is 50.1 Å². The van der Waals surface area contributed by atoms with Gasteiger partial charge in [-0.05, 0) is 37.2 Å². The van der Waals surface area contributed by atoms with Crippen molar-refractivity contribution in [2.75, 3.05) is 38.5 Å². The van der Waals surface area contributed by atoms with Crippen molar-refractivity contribution in [3.8, 4) is 0 Å². The minimum Gasteiger partial charge on any atom is -0.301 e. The van der Waals surface area contributed by atoms with Crippen molar-refractivity contribution in [3.63, 3.8) is 0 Å². The van der Waals surface area contributed by atoms with Crippen LogP contribution in [0.3, 0.4) is 0 Å². The summed E-state index contributed by atoms with van der Waals surface area (Å²) in [5, 5.41) is 0. The number of thiol groups is 1. The van der Waals surface area contributed by atoms with E-state index in [9.17, 15) is 0 Å². The third-order valence-corrected chi connectivity index (χ3v) is 4.51. The van der Waals surface area contributed by atoms with E-state index in [0.29, 0.717) is 5.41 Å². The highest BCUT2D eigenvalue weighted by atomic mass is 32.1. The van der Waals surface area contributed by atoms with E-state index in [1.165, 1.54) is 39.1 Å². The van der Waals surface area contributed by atoms with Gasteiger partial charge in [0.05, 0.1) is 0 Å². The van der Waals surface area contributed by atoms with Crippen LogP contribution in [-0.4, -0.2) is 54.3 Å². The fourth-order valence-electron chi connectivity index (χ4n) is 2.65. The first-order valence-electron chi connectivity index (χ1n) is 6.59. The van der Waals surface area contributed by atoms with Crippen LogP contribution in [0.5, 0.6) is 0 Å². The molecule has 1 aliphatic heterocycles. The molecule has 0 bridgehead atoms. The maximum atomic E-state index is 4.44. The lowest BCUT2D eigenvalue weighted by Crippen LogP contribution is -2.39. The largest absolute Gasteiger partial charge is 0.301 e. The Morgan fingerprint density at radius 3 is 2.44 bits per heavy atom. The topological polar surface area (TPSA) is 6.48 Å². The predicted molar refractivity (Wildman–Crippen MR) is 75.4 cm³/mol. The fourth-order valence-corrected chi connectivity index (χ4v) is 2.75. The number of hydrogen-bond donors (Lipinski definition) is 1. The van der Waals surface area contributed by atoms with Crippen LogP contribution >= 0.6 is 12.6 Å². The molecule has 1 fully saturated rings. The average molecular weight is 244 g/mol. The highest BCUT2D eigenvalue weighted by molar-refractivity contribution is 7.80. The molecule has 1 heterocycles. The van der Waals surface area contributed by atoms with Crippen LogP contribution in [0.15, 0.2) is 0 Å². The van der Waals surface area contributed by atoms with Crippen molar-refractivity contribution >= 4 is 12.6 Å². The van der Waals surface area contributed by atoms with Crippen LogP contribution in [0.1, 0.15) is 34.1 Å². The summed E-state index contributed by atoms with van der Waals surface area (Å²) in [5.74, 6) is 0.972. The summed E-state index contributed by atoms with van der Waals surface area (Å²) in [6, 6.07) is 0.783. The molecular formula is C13H28N2S. The summed E-state index contributed by atoms with van der Waals surface area (Å²) in [6.45, 7) is 15.2. The van der Waals surface area contributed by atoms with Crippen molar-refractivity contribution in [1.82, 2.24) is 9.80 Å². The molecule has 1 saturated heterocycles. The third-order valence-electron chi connectivity index (χ3n) is 3.66. The smallest absolute Gasteiger partial charge is 0.0235 e. The Morgan fingerprint density at radius 1 is 1.31 bits per heavy atom. The normalized spacial score (nSPS) is 23.2. The van der Waals surface area contributed by atoms with Gasteiger partial charge < -0.3 is 4.90 Å². The van der Waals surface area contributed by atoms with Gasteiger partial charge in [0.15, 0.2) is 0 Å². The minimum absolute atomic E-state index is 0.348. The van der Waals surface area contributed by atoms with Crippen LogP contribution in [-0.2, 0) is 0 Å². The zero-order valence-electron chi connectivity index (χ0n) is 11.4. The SMILES string of the molecule is CCN(CC)C1CCN(CC(C)(C)CS)C1. The van der Waals surface area contributed by atoms with Gasteiger partial charge in [-0.15, -0.1) is 0 Å². The summed E-state index contributed by atoms with van der Waals surface area (Å²) in [5.41, 5.74) is 0.348. The maximum absolute atomic E-state index is 4.44. The second-order valence-corrected chi connectivity index (χ2v) is 6.04. The lowest BCUT2D eigenvalue weighted by Gasteiger charge is -2.30. The first-order valence-corrected chi connectivity index (χ1v) is 7.23. The molecule has 1 atom stereocenters. The first-order chi connectivity index (χ1) is 7.52. The molecule has 0 radical (unpaired) electrons. The first kappa shape index (κ1) is 14.3. The standard InChI is InChI=1S/C13H28N2S/c1-5-15(6-2)12-7-8-14(9-12)10-13(3,4)11-16/h12,16H,5-11H2,1-4H3. The summed E-state index contributed by atoms with van der Waals surface area (Å²) in [6.07, 6.45) is 1.34.